The molecule has 2 aromatic carbocycles. The molecule has 5 heterocycles. The highest BCUT2D eigenvalue weighted by atomic mass is 35.5. The molecule has 282 valence electrons. The van der Waals surface area contributed by atoms with Gasteiger partial charge in [-0.15, -0.1) is 5.10 Å². The van der Waals surface area contributed by atoms with E-state index in [1.807, 2.05) is 0 Å². The molecule has 5 aromatic rings. The topological polar surface area (TPSA) is 190 Å². The summed E-state index contributed by atoms with van der Waals surface area (Å²) in [7, 11) is -2.49. The number of carbonyl (C=O) groups is 2. The van der Waals surface area contributed by atoms with Crippen molar-refractivity contribution < 1.29 is 41.0 Å². The van der Waals surface area contributed by atoms with Crippen LogP contribution in [0.3, 0.4) is 0 Å². The van der Waals surface area contributed by atoms with E-state index >= 15 is 0 Å². The van der Waals surface area contributed by atoms with E-state index < -0.39 is 57.4 Å². The molecule has 2 amide bonds. The minimum absolute atomic E-state index is 0.0225. The summed E-state index contributed by atoms with van der Waals surface area (Å²) in [6.07, 6.45) is -3.75. The predicted octanol–water partition coefficient (Wildman–Crippen LogP) is 4.10. The van der Waals surface area contributed by atoms with Gasteiger partial charge in [0.2, 0.25) is 21.7 Å². The first-order valence-electron chi connectivity index (χ1n) is 16.4. The average molecular weight is 787 g/mol. The Balaban J connectivity index is 1.29. The molecule has 1 saturated heterocycles. The fraction of sp³-hybridized carbons (Fsp3) is 0.294. The maximum atomic E-state index is 14.4. The van der Waals surface area contributed by atoms with Crippen LogP contribution in [0.5, 0.6) is 5.75 Å². The molecule has 0 bridgehead atoms. The number of pyridine rings is 1. The van der Waals surface area contributed by atoms with Crippen molar-refractivity contribution in [2.45, 2.75) is 49.1 Å². The van der Waals surface area contributed by atoms with Crippen molar-refractivity contribution in [2.75, 3.05) is 25.5 Å². The molecule has 0 radical (unpaired) electrons. The number of nitrogens with one attached hydrogen (secondary N) is 2. The number of sulfonamides is 1. The maximum Gasteiger partial charge on any atom is 0.416 e. The largest absolute Gasteiger partial charge is 0.505 e. The SMILES string of the molecule is CNS(=O)(=O)c1ccc(-c2nc3n(CC(=O)Nc4ccc(C(F)(F)F)cc4Cl)c4c(c(=O)n3n2)C2(CCN(C(=O)c3ncccc3O)CC2)O[C@@H]4C)cc1. The molecule has 1 atom stereocenters. The summed E-state index contributed by atoms with van der Waals surface area (Å²) in [5, 5.41) is 16.8. The van der Waals surface area contributed by atoms with Gasteiger partial charge in [0.25, 0.3) is 11.5 Å². The summed E-state index contributed by atoms with van der Waals surface area (Å²) >= 11 is 6.12. The molecule has 15 nitrogen and oxygen atoms in total. The number of alkyl halides is 3. The second-order valence-electron chi connectivity index (χ2n) is 12.7. The predicted molar refractivity (Wildman–Crippen MR) is 186 cm³/mol. The Bertz CT molecular complexity index is 2500. The summed E-state index contributed by atoms with van der Waals surface area (Å²) < 4.78 is 75.5. The van der Waals surface area contributed by atoms with Crippen molar-refractivity contribution >= 4 is 44.9 Å². The zero-order valence-corrected chi connectivity index (χ0v) is 30.0. The van der Waals surface area contributed by atoms with Crippen LogP contribution in [0.2, 0.25) is 5.02 Å². The number of benzene rings is 2. The van der Waals surface area contributed by atoms with E-state index in [1.165, 1.54) is 59.1 Å². The van der Waals surface area contributed by atoms with Gasteiger partial charge in [0.1, 0.15) is 17.9 Å². The minimum Gasteiger partial charge on any atom is -0.505 e. The Morgan fingerprint density at radius 1 is 1.11 bits per heavy atom. The third-order valence-corrected chi connectivity index (χ3v) is 11.2. The molecular formula is C34H30ClF3N8O7S. The maximum absolute atomic E-state index is 14.4. The molecule has 7 rings (SSSR count). The lowest BCUT2D eigenvalue weighted by atomic mass is 9.85. The summed E-state index contributed by atoms with van der Waals surface area (Å²) in [6.45, 7) is 1.42. The van der Waals surface area contributed by atoms with E-state index in [0.29, 0.717) is 17.3 Å². The quantitative estimate of drug-likeness (QED) is 0.217. The van der Waals surface area contributed by atoms with Crippen LogP contribution < -0.4 is 15.6 Å². The van der Waals surface area contributed by atoms with Gasteiger partial charge in [0, 0.05) is 24.8 Å². The van der Waals surface area contributed by atoms with Gasteiger partial charge in [0.15, 0.2) is 11.5 Å². The van der Waals surface area contributed by atoms with Crippen LogP contribution >= 0.6 is 11.6 Å². The van der Waals surface area contributed by atoms with Gasteiger partial charge < -0.3 is 24.6 Å². The average Bonchev–Trinajstić information content (AvgIpc) is 3.71. The second kappa shape index (κ2) is 13.5. The van der Waals surface area contributed by atoms with E-state index in [-0.39, 0.29) is 70.1 Å². The molecule has 20 heteroatoms. The number of rotatable bonds is 7. The number of aromatic nitrogens is 5. The van der Waals surface area contributed by atoms with Crippen molar-refractivity contribution in [3.05, 3.63) is 98.7 Å². The second-order valence-corrected chi connectivity index (χ2v) is 15.0. The Kier molecular flexibility index (Phi) is 9.23. The van der Waals surface area contributed by atoms with E-state index in [2.05, 4.69) is 25.1 Å². The molecule has 54 heavy (non-hydrogen) atoms. The lowest BCUT2D eigenvalue weighted by molar-refractivity contribution is -0.137. The Morgan fingerprint density at radius 3 is 2.44 bits per heavy atom. The molecule has 3 N–H and O–H groups in total. The highest BCUT2D eigenvalue weighted by Crippen LogP contribution is 2.48. The molecule has 2 aliphatic rings. The first-order valence-corrected chi connectivity index (χ1v) is 18.2. The molecule has 0 unspecified atom stereocenters. The lowest BCUT2D eigenvalue weighted by Crippen LogP contribution is -2.47. The zero-order valence-electron chi connectivity index (χ0n) is 28.4. The number of nitrogens with zero attached hydrogens (tertiary/aromatic N) is 6. The Hall–Kier alpha value is -5.37. The highest BCUT2D eigenvalue weighted by molar-refractivity contribution is 7.89. The van der Waals surface area contributed by atoms with Gasteiger partial charge in [-0.25, -0.2) is 18.1 Å². The number of amides is 2. The smallest absolute Gasteiger partial charge is 0.416 e. The first-order chi connectivity index (χ1) is 25.5. The fourth-order valence-electron chi connectivity index (χ4n) is 6.83. The molecule has 3 aromatic heterocycles. The number of anilines is 1. The van der Waals surface area contributed by atoms with Gasteiger partial charge in [-0.1, -0.05) is 11.6 Å². The third kappa shape index (κ3) is 6.46. The van der Waals surface area contributed by atoms with Crippen molar-refractivity contribution in [1.82, 2.24) is 33.8 Å². The van der Waals surface area contributed by atoms with Crippen LogP contribution in [0, 0.1) is 0 Å². The van der Waals surface area contributed by atoms with Crippen LogP contribution in [0.4, 0.5) is 18.9 Å². The standard InChI is InChI=1S/C34H30ClF3N8O7S/c1-18-28-26(33(53-18)11-14-44(15-12-33)31(50)27-24(47)4-3-13-40-27)30(49)46-32(42-29(43-46)19-5-8-21(9-6-19)54(51,52)39-2)45(28)17-25(48)41-23-10-7-20(16-22(23)35)34(36,37)38/h3-10,13,16,18,39,47H,11-12,14-15,17H2,1-2H3,(H,41,48)/t18-/m1/s1. The number of carbonyl (C=O) groups excluding carboxylic acids is 2. The normalized spacial score (nSPS) is 16.9. The number of likely N-dealkylation sites (tertiary alicyclic amines) is 1. The molecule has 0 aliphatic carbocycles. The minimum atomic E-state index is -4.66. The molecular weight excluding hydrogens is 757 g/mol. The molecule has 0 saturated carbocycles. The molecule has 1 fully saturated rings. The summed E-state index contributed by atoms with van der Waals surface area (Å²) in [4.78, 5) is 51.3. The van der Waals surface area contributed by atoms with Crippen molar-refractivity contribution in [3.8, 4) is 17.1 Å². The monoisotopic (exact) mass is 786 g/mol. The fourth-order valence-corrected chi connectivity index (χ4v) is 7.79. The van der Waals surface area contributed by atoms with Crippen LogP contribution in [-0.4, -0.2) is 74.5 Å². The van der Waals surface area contributed by atoms with Gasteiger partial charge in [0.05, 0.1) is 38.5 Å². The molecule has 2 aliphatic heterocycles. The van der Waals surface area contributed by atoms with E-state index in [0.717, 1.165) is 16.6 Å². The number of ether oxygens (including phenoxy) is 1. The third-order valence-electron chi connectivity index (χ3n) is 9.44. The van der Waals surface area contributed by atoms with Crippen LogP contribution in [0.15, 0.2) is 70.5 Å². The van der Waals surface area contributed by atoms with Crippen LogP contribution in [0.1, 0.15) is 53.2 Å². The van der Waals surface area contributed by atoms with Crippen molar-refractivity contribution in [2.24, 2.45) is 0 Å². The van der Waals surface area contributed by atoms with Crippen molar-refractivity contribution in [1.29, 1.82) is 0 Å². The van der Waals surface area contributed by atoms with Crippen LogP contribution in [-0.2, 0) is 37.9 Å². The van der Waals surface area contributed by atoms with E-state index in [9.17, 15) is 41.1 Å². The number of aromatic hydroxyl groups is 1. The Morgan fingerprint density at radius 2 is 1.81 bits per heavy atom. The number of fused-ring (bicyclic) bond motifs is 3. The number of piperidine rings is 1. The van der Waals surface area contributed by atoms with Gasteiger partial charge in [-0.05, 0) is 81.4 Å². The van der Waals surface area contributed by atoms with E-state index in [4.69, 9.17) is 16.3 Å². The number of hydrogen-bond donors (Lipinski definition) is 3. The van der Waals surface area contributed by atoms with E-state index in [1.54, 1.807) is 6.92 Å². The first kappa shape index (κ1) is 37.0. The van der Waals surface area contributed by atoms with Gasteiger partial charge >= 0.3 is 6.18 Å². The highest BCUT2D eigenvalue weighted by Gasteiger charge is 2.50. The summed E-state index contributed by atoms with van der Waals surface area (Å²) in [5.41, 5.74) is -2.19. The van der Waals surface area contributed by atoms with Gasteiger partial charge in [-0.2, -0.15) is 22.7 Å². The zero-order chi connectivity index (χ0) is 38.7. The Labute approximate surface area is 309 Å². The summed E-state index contributed by atoms with van der Waals surface area (Å²) in [5.74, 6) is -1.54. The molecule has 1 spiro atoms. The van der Waals surface area contributed by atoms with Gasteiger partial charge in [-0.3, -0.25) is 14.4 Å². The number of halogens is 4. The van der Waals surface area contributed by atoms with Crippen LogP contribution in [0.25, 0.3) is 17.2 Å². The lowest BCUT2D eigenvalue weighted by Gasteiger charge is -2.39. The van der Waals surface area contributed by atoms with Crippen molar-refractivity contribution in [3.63, 3.8) is 0 Å². The summed E-state index contributed by atoms with van der Waals surface area (Å²) in [6, 6.07) is 10.9. The number of hydrogen-bond acceptors (Lipinski definition) is 10.